The zero-order valence-corrected chi connectivity index (χ0v) is 9.41. The van der Waals surface area contributed by atoms with E-state index in [1.807, 2.05) is 6.07 Å². The van der Waals surface area contributed by atoms with Crippen LogP contribution >= 0.6 is 15.9 Å². The molecule has 1 aromatic carbocycles. The maximum Gasteiger partial charge on any atom is 0.159 e. The van der Waals surface area contributed by atoms with Crippen molar-refractivity contribution in [2.45, 2.75) is 5.33 Å². The molecule has 1 heterocycles. The Morgan fingerprint density at radius 1 is 1.20 bits per heavy atom. The van der Waals surface area contributed by atoms with Gasteiger partial charge in [0.05, 0.1) is 0 Å². The lowest BCUT2D eigenvalue weighted by Crippen LogP contribution is -1.90. The van der Waals surface area contributed by atoms with Crippen LogP contribution in [0.5, 0.6) is 0 Å². The monoisotopic (exact) mass is 266 g/mol. The molecule has 2 nitrogen and oxygen atoms in total. The summed E-state index contributed by atoms with van der Waals surface area (Å²) in [4.78, 5) is 8.11. The van der Waals surface area contributed by atoms with Gasteiger partial charge in [-0.15, -0.1) is 0 Å². The molecule has 0 spiro atoms. The van der Waals surface area contributed by atoms with E-state index in [-0.39, 0.29) is 5.82 Å². The van der Waals surface area contributed by atoms with E-state index in [1.54, 1.807) is 24.5 Å². The summed E-state index contributed by atoms with van der Waals surface area (Å²) in [6.07, 6.45) is 3.28. The molecule has 0 unspecified atom stereocenters. The topological polar surface area (TPSA) is 25.8 Å². The Kier molecular flexibility index (Phi) is 3.06. The molecule has 0 amide bonds. The van der Waals surface area contributed by atoms with Crippen molar-refractivity contribution in [1.82, 2.24) is 9.97 Å². The quantitative estimate of drug-likeness (QED) is 0.781. The van der Waals surface area contributed by atoms with Gasteiger partial charge in [-0.3, -0.25) is 0 Å². The summed E-state index contributed by atoms with van der Waals surface area (Å²) in [6, 6.07) is 6.73. The number of hydrogen-bond acceptors (Lipinski definition) is 2. The first kappa shape index (κ1) is 10.2. The zero-order valence-electron chi connectivity index (χ0n) is 7.82. The summed E-state index contributed by atoms with van der Waals surface area (Å²) >= 11 is 3.22. The predicted molar refractivity (Wildman–Crippen MR) is 60.1 cm³/mol. The average Bonchev–Trinajstić information content (AvgIpc) is 2.30. The summed E-state index contributed by atoms with van der Waals surface area (Å²) in [5.74, 6) is 0.300. The van der Waals surface area contributed by atoms with Crippen LogP contribution in [0, 0.1) is 5.82 Å². The Labute approximate surface area is 95.3 Å². The SMILES string of the molecule is Fc1cc(-c2ncccn2)ccc1CBr. The Hall–Kier alpha value is -1.29. The van der Waals surface area contributed by atoms with E-state index in [1.165, 1.54) is 6.07 Å². The molecule has 0 saturated carbocycles. The fourth-order valence-electron chi connectivity index (χ4n) is 1.24. The number of hydrogen-bond donors (Lipinski definition) is 0. The van der Waals surface area contributed by atoms with Crippen molar-refractivity contribution in [3.63, 3.8) is 0 Å². The van der Waals surface area contributed by atoms with Crippen molar-refractivity contribution in [3.8, 4) is 11.4 Å². The minimum atomic E-state index is -0.239. The van der Waals surface area contributed by atoms with Gasteiger partial charge in [0.2, 0.25) is 0 Å². The van der Waals surface area contributed by atoms with Gasteiger partial charge in [-0.1, -0.05) is 28.1 Å². The van der Waals surface area contributed by atoms with Crippen molar-refractivity contribution in [2.75, 3.05) is 0 Å². The van der Waals surface area contributed by atoms with Crippen LogP contribution in [0.25, 0.3) is 11.4 Å². The summed E-state index contributed by atoms with van der Waals surface area (Å²) in [6.45, 7) is 0. The van der Waals surface area contributed by atoms with Crippen molar-refractivity contribution >= 4 is 15.9 Å². The molecule has 15 heavy (non-hydrogen) atoms. The van der Waals surface area contributed by atoms with Crippen molar-refractivity contribution in [1.29, 1.82) is 0 Å². The molecule has 76 valence electrons. The molecule has 0 aliphatic rings. The third kappa shape index (κ3) is 2.21. The highest BCUT2D eigenvalue weighted by molar-refractivity contribution is 9.08. The molecule has 0 bridgehead atoms. The average molecular weight is 267 g/mol. The highest BCUT2D eigenvalue weighted by Crippen LogP contribution is 2.19. The first-order chi connectivity index (χ1) is 7.31. The van der Waals surface area contributed by atoms with Crippen LogP contribution in [-0.4, -0.2) is 9.97 Å². The molecule has 1 aromatic heterocycles. The molecule has 0 aliphatic carbocycles. The summed E-state index contributed by atoms with van der Waals surface area (Å²) in [5.41, 5.74) is 1.33. The fraction of sp³-hybridized carbons (Fsp3) is 0.0909. The molecular formula is C11H8BrFN2. The maximum atomic E-state index is 13.5. The minimum Gasteiger partial charge on any atom is -0.237 e. The Morgan fingerprint density at radius 3 is 2.53 bits per heavy atom. The highest BCUT2D eigenvalue weighted by Gasteiger charge is 2.05. The Bertz CT molecular complexity index is 459. The van der Waals surface area contributed by atoms with Gasteiger partial charge < -0.3 is 0 Å². The van der Waals surface area contributed by atoms with Gasteiger partial charge in [0.25, 0.3) is 0 Å². The normalized spacial score (nSPS) is 10.3. The van der Waals surface area contributed by atoms with Gasteiger partial charge >= 0.3 is 0 Å². The van der Waals surface area contributed by atoms with E-state index in [0.717, 1.165) is 0 Å². The first-order valence-corrected chi connectivity index (χ1v) is 5.55. The largest absolute Gasteiger partial charge is 0.237 e. The number of aromatic nitrogens is 2. The number of halogens is 2. The van der Waals surface area contributed by atoms with Gasteiger partial charge in [0.1, 0.15) is 5.82 Å². The zero-order chi connectivity index (χ0) is 10.7. The summed E-state index contributed by atoms with van der Waals surface area (Å²) < 4.78 is 13.5. The molecule has 0 N–H and O–H groups in total. The third-order valence-corrected chi connectivity index (χ3v) is 2.63. The smallest absolute Gasteiger partial charge is 0.159 e. The molecule has 4 heteroatoms. The van der Waals surface area contributed by atoms with E-state index in [0.29, 0.717) is 22.3 Å². The molecule has 0 atom stereocenters. The molecule has 0 fully saturated rings. The van der Waals surface area contributed by atoms with Crippen LogP contribution in [-0.2, 0) is 5.33 Å². The van der Waals surface area contributed by atoms with Crippen molar-refractivity contribution < 1.29 is 4.39 Å². The highest BCUT2D eigenvalue weighted by atomic mass is 79.9. The maximum absolute atomic E-state index is 13.5. The van der Waals surface area contributed by atoms with Gasteiger partial charge in [0.15, 0.2) is 5.82 Å². The lowest BCUT2D eigenvalue weighted by molar-refractivity contribution is 0.618. The number of rotatable bonds is 2. The second kappa shape index (κ2) is 4.49. The second-order valence-electron chi connectivity index (χ2n) is 3.01. The van der Waals surface area contributed by atoms with E-state index in [2.05, 4.69) is 25.9 Å². The summed E-state index contributed by atoms with van der Waals surface area (Å²) in [5, 5.41) is 0.509. The Morgan fingerprint density at radius 2 is 1.93 bits per heavy atom. The number of alkyl halides is 1. The third-order valence-electron chi connectivity index (χ3n) is 2.02. The second-order valence-corrected chi connectivity index (χ2v) is 3.57. The van der Waals surface area contributed by atoms with Crippen LogP contribution in [0.15, 0.2) is 36.7 Å². The minimum absolute atomic E-state index is 0.239. The molecule has 0 aliphatic heterocycles. The molecule has 0 saturated heterocycles. The fourth-order valence-corrected chi connectivity index (χ4v) is 1.70. The van der Waals surface area contributed by atoms with Crippen LogP contribution in [0.3, 0.4) is 0 Å². The van der Waals surface area contributed by atoms with Crippen LogP contribution in [0.2, 0.25) is 0 Å². The van der Waals surface area contributed by atoms with Gasteiger partial charge in [0, 0.05) is 23.3 Å². The van der Waals surface area contributed by atoms with E-state index < -0.39 is 0 Å². The standard InChI is InChI=1S/C11H8BrFN2/c12-7-9-3-2-8(6-10(9)13)11-14-4-1-5-15-11/h1-6H,7H2. The lowest BCUT2D eigenvalue weighted by Gasteiger charge is -2.02. The molecule has 0 radical (unpaired) electrons. The van der Waals surface area contributed by atoms with E-state index in [4.69, 9.17) is 0 Å². The van der Waals surface area contributed by atoms with Crippen LogP contribution in [0.4, 0.5) is 4.39 Å². The summed E-state index contributed by atoms with van der Waals surface area (Å²) in [7, 11) is 0. The van der Waals surface area contributed by atoms with Crippen LogP contribution < -0.4 is 0 Å². The van der Waals surface area contributed by atoms with Crippen LogP contribution in [0.1, 0.15) is 5.56 Å². The Balaban J connectivity index is 2.43. The van der Waals surface area contributed by atoms with Crippen molar-refractivity contribution in [2.24, 2.45) is 0 Å². The van der Waals surface area contributed by atoms with Gasteiger partial charge in [-0.25, -0.2) is 14.4 Å². The van der Waals surface area contributed by atoms with Crippen molar-refractivity contribution in [3.05, 3.63) is 48.0 Å². The first-order valence-electron chi connectivity index (χ1n) is 4.43. The molecule has 2 aromatic rings. The predicted octanol–water partition coefficient (Wildman–Crippen LogP) is 3.18. The van der Waals surface area contributed by atoms with Gasteiger partial charge in [-0.2, -0.15) is 0 Å². The lowest BCUT2D eigenvalue weighted by atomic mass is 10.1. The molecular weight excluding hydrogens is 259 g/mol. The molecule has 2 rings (SSSR count). The number of benzene rings is 1. The van der Waals surface area contributed by atoms with Gasteiger partial charge in [-0.05, 0) is 17.7 Å². The van der Waals surface area contributed by atoms with E-state index >= 15 is 0 Å². The number of nitrogens with zero attached hydrogens (tertiary/aromatic N) is 2. The van der Waals surface area contributed by atoms with E-state index in [9.17, 15) is 4.39 Å².